The minimum Gasteiger partial charge on any atom is -0.406 e. The van der Waals surface area contributed by atoms with Gasteiger partial charge in [0, 0.05) is 6.04 Å². The van der Waals surface area contributed by atoms with E-state index in [9.17, 15) is 13.2 Å². The predicted octanol–water partition coefficient (Wildman–Crippen LogP) is 4.41. The lowest BCUT2D eigenvalue weighted by molar-refractivity contribution is -0.274. The molecular weight excluding hydrogens is 279 g/mol. The third-order valence-corrected chi connectivity index (χ3v) is 4.96. The van der Waals surface area contributed by atoms with E-state index >= 15 is 0 Å². The van der Waals surface area contributed by atoms with Crippen molar-refractivity contribution in [3.63, 3.8) is 0 Å². The normalized spacial score (nSPS) is 29.6. The lowest BCUT2D eigenvalue weighted by atomic mass is 9.83. The number of ether oxygens (including phenoxy) is 1. The molecule has 4 atom stereocenters. The largest absolute Gasteiger partial charge is 0.573 e. The molecule has 2 nitrogen and oxygen atoms in total. The maximum absolute atomic E-state index is 12.3. The number of benzene rings is 1. The second-order valence-corrected chi connectivity index (χ2v) is 6.40. The molecule has 0 aliphatic heterocycles. The van der Waals surface area contributed by atoms with Gasteiger partial charge in [-0.05, 0) is 61.1 Å². The van der Waals surface area contributed by atoms with E-state index in [0.29, 0.717) is 5.92 Å². The molecule has 2 aliphatic rings. The molecule has 4 unspecified atom stereocenters. The molecule has 0 aromatic heterocycles. The summed E-state index contributed by atoms with van der Waals surface area (Å²) >= 11 is 0. The quantitative estimate of drug-likeness (QED) is 0.893. The Bertz CT molecular complexity index is 503. The highest BCUT2D eigenvalue weighted by molar-refractivity contribution is 5.30. The molecule has 116 valence electrons. The van der Waals surface area contributed by atoms with Gasteiger partial charge in [0.05, 0.1) is 0 Å². The Morgan fingerprint density at radius 1 is 1.24 bits per heavy atom. The maximum atomic E-state index is 12.3. The van der Waals surface area contributed by atoms with Crippen molar-refractivity contribution in [1.29, 1.82) is 0 Å². The fourth-order valence-electron chi connectivity index (χ4n) is 4.07. The zero-order valence-electron chi connectivity index (χ0n) is 11.8. The van der Waals surface area contributed by atoms with E-state index < -0.39 is 6.36 Å². The van der Waals surface area contributed by atoms with E-state index in [-0.39, 0.29) is 11.8 Å². The highest BCUT2D eigenvalue weighted by Gasteiger charge is 2.40. The van der Waals surface area contributed by atoms with Gasteiger partial charge < -0.3 is 10.5 Å². The van der Waals surface area contributed by atoms with Crippen molar-refractivity contribution in [3.8, 4) is 5.75 Å². The van der Waals surface area contributed by atoms with Crippen LogP contribution in [0.15, 0.2) is 24.3 Å². The highest BCUT2D eigenvalue weighted by Crippen LogP contribution is 2.50. The molecule has 0 saturated heterocycles. The average molecular weight is 299 g/mol. The summed E-state index contributed by atoms with van der Waals surface area (Å²) in [6.07, 6.45) is 1.38. The Morgan fingerprint density at radius 2 is 2.05 bits per heavy atom. The van der Waals surface area contributed by atoms with Gasteiger partial charge in [-0.15, -0.1) is 13.2 Å². The molecular formula is C16H20F3NO. The second kappa shape index (κ2) is 5.52. The fraction of sp³-hybridized carbons (Fsp3) is 0.625. The van der Waals surface area contributed by atoms with Crippen LogP contribution in [0.3, 0.4) is 0 Å². The molecule has 5 heteroatoms. The van der Waals surface area contributed by atoms with Gasteiger partial charge in [0.25, 0.3) is 0 Å². The second-order valence-electron chi connectivity index (χ2n) is 6.40. The van der Waals surface area contributed by atoms with Crippen molar-refractivity contribution >= 4 is 0 Å². The number of hydrogen-bond acceptors (Lipinski definition) is 2. The zero-order valence-corrected chi connectivity index (χ0v) is 11.8. The van der Waals surface area contributed by atoms with Gasteiger partial charge in [0.2, 0.25) is 0 Å². The van der Waals surface area contributed by atoms with E-state index in [1.165, 1.54) is 37.8 Å². The third kappa shape index (κ3) is 3.51. The number of nitrogens with two attached hydrogens (primary N) is 1. The summed E-state index contributed by atoms with van der Waals surface area (Å²) in [5.74, 6) is 2.07. The van der Waals surface area contributed by atoms with Gasteiger partial charge in [-0.3, -0.25) is 0 Å². The lowest BCUT2D eigenvalue weighted by Gasteiger charge is -2.25. The van der Waals surface area contributed by atoms with E-state index in [1.807, 2.05) is 0 Å². The predicted molar refractivity (Wildman–Crippen MR) is 73.6 cm³/mol. The molecule has 0 heterocycles. The van der Waals surface area contributed by atoms with Crippen LogP contribution in [0.2, 0.25) is 0 Å². The molecule has 2 saturated carbocycles. The molecule has 3 rings (SSSR count). The summed E-state index contributed by atoms with van der Waals surface area (Å²) in [7, 11) is 0. The number of alkyl halides is 3. The minimum absolute atomic E-state index is 0.191. The van der Waals surface area contributed by atoms with Gasteiger partial charge in [-0.2, -0.15) is 0 Å². The smallest absolute Gasteiger partial charge is 0.406 e. The van der Waals surface area contributed by atoms with Crippen LogP contribution < -0.4 is 10.5 Å². The molecule has 0 radical (unpaired) electrons. The molecule has 2 N–H and O–H groups in total. The summed E-state index contributed by atoms with van der Waals surface area (Å²) in [5, 5.41) is 0. The fourth-order valence-corrected chi connectivity index (χ4v) is 4.07. The maximum Gasteiger partial charge on any atom is 0.573 e. The molecule has 0 amide bonds. The van der Waals surface area contributed by atoms with E-state index in [2.05, 4.69) is 4.74 Å². The SMILES string of the molecule is NC(CC1CC2CCC1C2)c1cccc(OC(F)(F)F)c1. The van der Waals surface area contributed by atoms with Crippen LogP contribution in [0.4, 0.5) is 13.2 Å². The molecule has 1 aromatic rings. The first-order valence-electron chi connectivity index (χ1n) is 7.52. The van der Waals surface area contributed by atoms with Crippen LogP contribution in [-0.2, 0) is 0 Å². The van der Waals surface area contributed by atoms with Crippen LogP contribution >= 0.6 is 0 Å². The number of halogens is 3. The zero-order chi connectivity index (χ0) is 15.0. The van der Waals surface area contributed by atoms with Crippen LogP contribution in [0.5, 0.6) is 5.75 Å². The van der Waals surface area contributed by atoms with Crippen molar-refractivity contribution in [1.82, 2.24) is 0 Å². The van der Waals surface area contributed by atoms with E-state index in [1.54, 1.807) is 12.1 Å². The topological polar surface area (TPSA) is 35.2 Å². The molecule has 2 fully saturated rings. The van der Waals surface area contributed by atoms with Crippen molar-refractivity contribution < 1.29 is 17.9 Å². The Morgan fingerprint density at radius 3 is 2.67 bits per heavy atom. The van der Waals surface area contributed by atoms with Gasteiger partial charge in [-0.25, -0.2) is 0 Å². The first kappa shape index (κ1) is 14.7. The Balaban J connectivity index is 1.64. The monoisotopic (exact) mass is 299 g/mol. The third-order valence-electron chi connectivity index (χ3n) is 4.96. The Kier molecular flexibility index (Phi) is 3.86. The van der Waals surface area contributed by atoms with Gasteiger partial charge in [0.15, 0.2) is 0 Å². The van der Waals surface area contributed by atoms with Crippen molar-refractivity contribution in [2.45, 2.75) is 44.5 Å². The first-order valence-corrected chi connectivity index (χ1v) is 7.52. The van der Waals surface area contributed by atoms with Crippen LogP contribution in [0.1, 0.15) is 43.7 Å². The lowest BCUT2D eigenvalue weighted by Crippen LogP contribution is -2.20. The standard InChI is InChI=1S/C16H20F3NO/c17-16(18,19)21-14-3-1-2-12(8-14)15(20)9-13-7-10-4-5-11(13)6-10/h1-3,8,10-11,13,15H,4-7,9,20H2. The number of fused-ring (bicyclic) bond motifs is 2. The molecule has 2 bridgehead atoms. The molecule has 21 heavy (non-hydrogen) atoms. The summed E-state index contributed by atoms with van der Waals surface area (Å²) in [6, 6.07) is 5.84. The molecule has 2 aliphatic carbocycles. The highest BCUT2D eigenvalue weighted by atomic mass is 19.4. The number of hydrogen-bond donors (Lipinski definition) is 1. The van der Waals surface area contributed by atoms with Crippen molar-refractivity contribution in [2.75, 3.05) is 0 Å². The summed E-state index contributed by atoms with van der Waals surface area (Å²) in [5.41, 5.74) is 6.92. The summed E-state index contributed by atoms with van der Waals surface area (Å²) in [6.45, 7) is 0. The van der Waals surface area contributed by atoms with E-state index in [0.717, 1.165) is 23.8 Å². The Labute approximate surface area is 122 Å². The average Bonchev–Trinajstić information content (AvgIpc) is 2.99. The van der Waals surface area contributed by atoms with Gasteiger partial charge >= 0.3 is 6.36 Å². The van der Waals surface area contributed by atoms with Gasteiger partial charge in [0.1, 0.15) is 5.75 Å². The first-order chi connectivity index (χ1) is 9.90. The van der Waals surface area contributed by atoms with Crippen LogP contribution in [0, 0.1) is 17.8 Å². The van der Waals surface area contributed by atoms with E-state index in [4.69, 9.17) is 5.73 Å². The van der Waals surface area contributed by atoms with Crippen LogP contribution in [0.25, 0.3) is 0 Å². The number of rotatable bonds is 4. The summed E-state index contributed by atoms with van der Waals surface area (Å²) in [4.78, 5) is 0. The van der Waals surface area contributed by atoms with Crippen molar-refractivity contribution in [2.24, 2.45) is 23.5 Å². The Hall–Kier alpha value is -1.23. The van der Waals surface area contributed by atoms with Gasteiger partial charge in [-0.1, -0.05) is 18.6 Å². The van der Waals surface area contributed by atoms with Crippen molar-refractivity contribution in [3.05, 3.63) is 29.8 Å². The molecule has 1 aromatic carbocycles. The molecule has 0 spiro atoms. The van der Waals surface area contributed by atoms with Crippen LogP contribution in [-0.4, -0.2) is 6.36 Å². The minimum atomic E-state index is -4.66. The summed E-state index contributed by atoms with van der Waals surface area (Å²) < 4.78 is 40.7.